The van der Waals surface area contributed by atoms with Crippen LogP contribution in [0.3, 0.4) is 0 Å². The zero-order valence-electron chi connectivity index (χ0n) is 11.5. The van der Waals surface area contributed by atoms with Gasteiger partial charge >= 0.3 is 5.97 Å². The van der Waals surface area contributed by atoms with Crippen LogP contribution in [-0.4, -0.2) is 55.4 Å². The zero-order valence-corrected chi connectivity index (χ0v) is 12.3. The van der Waals surface area contributed by atoms with E-state index in [-0.39, 0.29) is 19.5 Å². The average molecular weight is 307 g/mol. The smallest absolute Gasteiger partial charge is 0.322 e. The van der Waals surface area contributed by atoms with E-state index in [2.05, 4.69) is 10.0 Å². The van der Waals surface area contributed by atoms with E-state index in [4.69, 9.17) is 5.11 Å². The van der Waals surface area contributed by atoms with Crippen LogP contribution in [0.25, 0.3) is 0 Å². The lowest BCUT2D eigenvalue weighted by Gasteiger charge is -2.31. The molecule has 1 heterocycles. The van der Waals surface area contributed by atoms with Gasteiger partial charge in [-0.3, -0.25) is 9.59 Å². The van der Waals surface area contributed by atoms with E-state index in [9.17, 15) is 18.0 Å². The molecule has 1 unspecified atom stereocenters. The maximum Gasteiger partial charge on any atom is 0.322 e. The highest BCUT2D eigenvalue weighted by molar-refractivity contribution is 7.87. The van der Waals surface area contributed by atoms with E-state index in [0.29, 0.717) is 19.4 Å². The van der Waals surface area contributed by atoms with Gasteiger partial charge in [0.25, 0.3) is 10.2 Å². The van der Waals surface area contributed by atoms with Crippen molar-refractivity contribution < 1.29 is 23.1 Å². The summed E-state index contributed by atoms with van der Waals surface area (Å²) < 4.78 is 27.2. The molecule has 1 rings (SSSR count). The van der Waals surface area contributed by atoms with Gasteiger partial charge in [0.05, 0.1) is 6.54 Å². The Hall–Kier alpha value is -1.19. The largest absolute Gasteiger partial charge is 0.480 e. The molecule has 1 saturated heterocycles. The number of carboxylic acids is 1. The first-order valence-electron chi connectivity index (χ1n) is 6.64. The minimum atomic E-state index is -3.96. The highest BCUT2D eigenvalue weighted by atomic mass is 32.2. The number of carbonyl (C=O) groups excluding carboxylic acids is 1. The van der Waals surface area contributed by atoms with Crippen molar-refractivity contribution in [1.82, 2.24) is 14.3 Å². The molecule has 1 amide bonds. The van der Waals surface area contributed by atoms with Crippen molar-refractivity contribution in [2.24, 2.45) is 0 Å². The molecule has 0 aromatic heterocycles. The van der Waals surface area contributed by atoms with Gasteiger partial charge in [-0.25, -0.2) is 0 Å². The number of rotatable bonds is 7. The maximum atomic E-state index is 12.1. The molecule has 1 atom stereocenters. The van der Waals surface area contributed by atoms with Gasteiger partial charge in [-0.05, 0) is 25.7 Å². The molecule has 1 aliphatic heterocycles. The molecule has 8 nitrogen and oxygen atoms in total. The lowest BCUT2D eigenvalue weighted by molar-refractivity contribution is -0.142. The molecule has 9 heteroatoms. The normalized spacial score (nSPS) is 20.6. The predicted octanol–water partition coefficient (Wildman–Crippen LogP) is -0.714. The van der Waals surface area contributed by atoms with Crippen molar-refractivity contribution in [2.45, 2.75) is 38.6 Å². The molecule has 0 aliphatic carbocycles. The summed E-state index contributed by atoms with van der Waals surface area (Å²) in [6.45, 7) is 2.13. The first-order valence-corrected chi connectivity index (χ1v) is 8.08. The minimum Gasteiger partial charge on any atom is -0.480 e. The Balaban J connectivity index is 2.62. The molecule has 0 spiro atoms. The third-order valence-corrected chi connectivity index (χ3v) is 4.60. The number of hydrogen-bond acceptors (Lipinski definition) is 4. The van der Waals surface area contributed by atoms with E-state index in [1.807, 2.05) is 6.92 Å². The zero-order chi connectivity index (χ0) is 15.2. The Bertz CT molecular complexity index is 451. The first-order chi connectivity index (χ1) is 9.38. The van der Waals surface area contributed by atoms with Crippen LogP contribution in [0.5, 0.6) is 0 Å². The Morgan fingerprint density at radius 1 is 1.35 bits per heavy atom. The van der Waals surface area contributed by atoms with E-state index < -0.39 is 28.1 Å². The van der Waals surface area contributed by atoms with Crippen LogP contribution in [0.2, 0.25) is 0 Å². The number of amides is 1. The molecule has 0 aromatic carbocycles. The standard InChI is InChI=1S/C11H21N3O5S/c1-2-6-12-10(15)8-13-20(18,19)14-7-4-3-5-9(14)11(16)17/h9,13H,2-8H2,1H3,(H,12,15)(H,16,17). The summed E-state index contributed by atoms with van der Waals surface area (Å²) in [6.07, 6.45) is 2.34. The van der Waals surface area contributed by atoms with Crippen molar-refractivity contribution in [1.29, 1.82) is 0 Å². The van der Waals surface area contributed by atoms with Gasteiger partial charge in [-0.2, -0.15) is 17.4 Å². The predicted molar refractivity (Wildman–Crippen MR) is 72.2 cm³/mol. The SMILES string of the molecule is CCCNC(=O)CNS(=O)(=O)N1CCCCC1C(=O)O. The molecule has 0 radical (unpaired) electrons. The molecule has 0 bridgehead atoms. The second-order valence-corrected chi connectivity index (χ2v) is 6.34. The number of nitrogens with one attached hydrogen (secondary N) is 2. The van der Waals surface area contributed by atoms with Crippen LogP contribution >= 0.6 is 0 Å². The van der Waals surface area contributed by atoms with Gasteiger partial charge in [0.1, 0.15) is 6.04 Å². The Morgan fingerprint density at radius 3 is 2.65 bits per heavy atom. The van der Waals surface area contributed by atoms with Crippen molar-refractivity contribution >= 4 is 22.1 Å². The first kappa shape index (κ1) is 16.9. The lowest BCUT2D eigenvalue weighted by Crippen LogP contribution is -2.53. The van der Waals surface area contributed by atoms with Crippen molar-refractivity contribution in [3.05, 3.63) is 0 Å². The second kappa shape index (κ2) is 7.55. The topological polar surface area (TPSA) is 116 Å². The van der Waals surface area contributed by atoms with Crippen molar-refractivity contribution in [3.8, 4) is 0 Å². The summed E-state index contributed by atoms with van der Waals surface area (Å²) in [5.41, 5.74) is 0. The Labute approximate surface area is 118 Å². The highest BCUT2D eigenvalue weighted by Crippen LogP contribution is 2.19. The van der Waals surface area contributed by atoms with Crippen molar-refractivity contribution in [2.75, 3.05) is 19.6 Å². The fraction of sp³-hybridized carbons (Fsp3) is 0.818. The fourth-order valence-electron chi connectivity index (χ4n) is 2.01. The molecular formula is C11H21N3O5S. The van der Waals surface area contributed by atoms with Gasteiger partial charge in [0.2, 0.25) is 5.91 Å². The summed E-state index contributed by atoms with van der Waals surface area (Å²) in [5.74, 6) is -1.59. The number of piperidine rings is 1. The van der Waals surface area contributed by atoms with Gasteiger partial charge in [0, 0.05) is 13.1 Å². The second-order valence-electron chi connectivity index (χ2n) is 4.64. The van der Waals surface area contributed by atoms with Gasteiger partial charge in [-0.15, -0.1) is 0 Å². The fourth-order valence-corrected chi connectivity index (χ4v) is 3.39. The molecule has 20 heavy (non-hydrogen) atoms. The van der Waals surface area contributed by atoms with E-state index in [1.54, 1.807) is 0 Å². The highest BCUT2D eigenvalue weighted by Gasteiger charge is 2.36. The number of nitrogens with zero attached hydrogens (tertiary/aromatic N) is 1. The summed E-state index contributed by atoms with van der Waals surface area (Å²) in [5, 5.41) is 11.6. The summed E-state index contributed by atoms with van der Waals surface area (Å²) in [6, 6.07) is -1.06. The number of carboxylic acid groups (broad SMARTS) is 1. The van der Waals surface area contributed by atoms with Crippen LogP contribution in [0.4, 0.5) is 0 Å². The summed E-state index contributed by atoms with van der Waals surface area (Å²) >= 11 is 0. The molecule has 1 aliphatic rings. The van der Waals surface area contributed by atoms with Crippen LogP contribution in [0.1, 0.15) is 32.6 Å². The van der Waals surface area contributed by atoms with Crippen molar-refractivity contribution in [3.63, 3.8) is 0 Å². The quantitative estimate of drug-likeness (QED) is 0.574. The monoisotopic (exact) mass is 307 g/mol. The molecule has 3 N–H and O–H groups in total. The Kier molecular flexibility index (Phi) is 6.37. The lowest BCUT2D eigenvalue weighted by atomic mass is 10.1. The Morgan fingerprint density at radius 2 is 2.05 bits per heavy atom. The van der Waals surface area contributed by atoms with E-state index in [0.717, 1.165) is 10.7 Å². The molecule has 1 fully saturated rings. The summed E-state index contributed by atoms with van der Waals surface area (Å²) in [4.78, 5) is 22.5. The summed E-state index contributed by atoms with van der Waals surface area (Å²) in [7, 11) is -3.96. The number of carbonyl (C=O) groups is 2. The van der Waals surface area contributed by atoms with Gasteiger partial charge in [0.15, 0.2) is 0 Å². The third kappa shape index (κ3) is 4.73. The molecular weight excluding hydrogens is 286 g/mol. The van der Waals surface area contributed by atoms with Crippen LogP contribution in [-0.2, 0) is 19.8 Å². The van der Waals surface area contributed by atoms with Gasteiger partial charge < -0.3 is 10.4 Å². The average Bonchev–Trinajstić information content (AvgIpc) is 2.43. The van der Waals surface area contributed by atoms with Crippen LogP contribution in [0.15, 0.2) is 0 Å². The van der Waals surface area contributed by atoms with E-state index in [1.165, 1.54) is 0 Å². The number of aliphatic carboxylic acids is 1. The minimum absolute atomic E-state index is 0.156. The molecule has 0 aromatic rings. The number of hydrogen-bond donors (Lipinski definition) is 3. The van der Waals surface area contributed by atoms with E-state index >= 15 is 0 Å². The van der Waals surface area contributed by atoms with Crippen LogP contribution in [0, 0.1) is 0 Å². The van der Waals surface area contributed by atoms with Crippen LogP contribution < -0.4 is 10.0 Å². The third-order valence-electron chi connectivity index (χ3n) is 3.03. The molecule has 0 saturated carbocycles. The molecule has 116 valence electrons. The van der Waals surface area contributed by atoms with Gasteiger partial charge in [-0.1, -0.05) is 6.92 Å². The maximum absolute atomic E-state index is 12.1.